The van der Waals surface area contributed by atoms with Crippen LogP contribution in [0.15, 0.2) is 10.6 Å². The van der Waals surface area contributed by atoms with Crippen molar-refractivity contribution in [3.63, 3.8) is 0 Å². The summed E-state index contributed by atoms with van der Waals surface area (Å²) in [6.07, 6.45) is -0.589. The Hall–Kier alpha value is -0.190. The number of aliphatic hydroxyl groups excluding tert-OH is 2. The van der Waals surface area contributed by atoms with Gasteiger partial charge in [0.15, 0.2) is 5.78 Å². The zero-order valence-electron chi connectivity index (χ0n) is 5.99. The van der Waals surface area contributed by atoms with Gasteiger partial charge in [-0.05, 0) is 22.0 Å². The van der Waals surface area contributed by atoms with Crippen molar-refractivity contribution in [1.29, 1.82) is 0 Å². The highest BCUT2D eigenvalue weighted by Crippen LogP contribution is 2.24. The molecule has 11 heavy (non-hydrogen) atoms. The molecule has 0 spiro atoms. The van der Waals surface area contributed by atoms with E-state index in [0.29, 0.717) is 4.48 Å². The number of aliphatic hydroxyl groups is 2. The lowest BCUT2D eigenvalue weighted by molar-refractivity contribution is -0.124. The van der Waals surface area contributed by atoms with Crippen LogP contribution in [0.5, 0.6) is 0 Å². The van der Waals surface area contributed by atoms with Crippen LogP contribution in [0, 0.1) is 5.92 Å². The third-order valence-corrected chi connectivity index (χ3v) is 2.48. The zero-order chi connectivity index (χ0) is 8.59. The summed E-state index contributed by atoms with van der Waals surface area (Å²) in [6.45, 7) is 1.59. The molecule has 0 heterocycles. The monoisotopic (exact) mass is 220 g/mol. The smallest absolute Gasteiger partial charge is 0.175 e. The lowest BCUT2D eigenvalue weighted by atomic mass is 9.90. The maximum Gasteiger partial charge on any atom is 0.175 e. The first-order valence-corrected chi connectivity index (χ1v) is 4.11. The van der Waals surface area contributed by atoms with Crippen molar-refractivity contribution in [3.8, 4) is 0 Å². The van der Waals surface area contributed by atoms with Crippen LogP contribution in [-0.4, -0.2) is 28.2 Å². The van der Waals surface area contributed by atoms with Gasteiger partial charge in [0.1, 0.15) is 6.10 Å². The molecule has 62 valence electrons. The van der Waals surface area contributed by atoms with E-state index in [1.807, 2.05) is 0 Å². The summed E-state index contributed by atoms with van der Waals surface area (Å²) in [5, 5.41) is 18.3. The summed E-state index contributed by atoms with van der Waals surface area (Å²) < 4.78 is 0.350. The second-order valence-corrected chi connectivity index (χ2v) is 3.50. The van der Waals surface area contributed by atoms with E-state index < -0.39 is 18.1 Å². The molecule has 0 fully saturated rings. The molecule has 0 saturated carbocycles. The maximum absolute atomic E-state index is 11.1. The lowest BCUT2D eigenvalue weighted by Gasteiger charge is -2.25. The van der Waals surface area contributed by atoms with Gasteiger partial charge in [-0.2, -0.15) is 0 Å². The van der Waals surface area contributed by atoms with Crippen molar-refractivity contribution in [2.75, 3.05) is 0 Å². The van der Waals surface area contributed by atoms with Gasteiger partial charge in [0.05, 0.1) is 10.6 Å². The summed E-state index contributed by atoms with van der Waals surface area (Å²) in [5.74, 6) is -0.688. The molecule has 3 nitrogen and oxygen atoms in total. The average Bonchev–Trinajstić information content (AvgIpc) is 1.97. The molecule has 0 saturated heterocycles. The fourth-order valence-corrected chi connectivity index (χ4v) is 1.63. The minimum Gasteiger partial charge on any atom is -0.389 e. The highest BCUT2D eigenvalue weighted by atomic mass is 79.9. The number of Topliss-reactive ketones (excluding diaryl/α,β-unsaturated/α-hetero) is 1. The van der Waals surface area contributed by atoms with Crippen LogP contribution in [0.1, 0.15) is 6.92 Å². The SMILES string of the molecule is CC1C(=O)C(Br)=CC(O)C1O. The molecule has 0 amide bonds. The minimum atomic E-state index is -0.969. The second kappa shape index (κ2) is 3.05. The first-order chi connectivity index (χ1) is 5.04. The molecule has 2 N–H and O–H groups in total. The van der Waals surface area contributed by atoms with Crippen LogP contribution in [0.25, 0.3) is 0 Å². The zero-order valence-corrected chi connectivity index (χ0v) is 7.58. The number of carbonyl (C=O) groups is 1. The Kier molecular flexibility index (Phi) is 2.47. The highest BCUT2D eigenvalue weighted by molar-refractivity contribution is 9.12. The van der Waals surface area contributed by atoms with Gasteiger partial charge in [-0.25, -0.2) is 0 Å². The minimum absolute atomic E-state index is 0.164. The molecule has 1 aliphatic rings. The van der Waals surface area contributed by atoms with Gasteiger partial charge in [0.25, 0.3) is 0 Å². The molecule has 1 aliphatic carbocycles. The van der Waals surface area contributed by atoms with Crippen LogP contribution < -0.4 is 0 Å². The van der Waals surface area contributed by atoms with Gasteiger partial charge in [-0.3, -0.25) is 4.79 Å². The molecule has 4 heteroatoms. The van der Waals surface area contributed by atoms with Crippen molar-refractivity contribution >= 4 is 21.7 Å². The molecule has 0 aromatic heterocycles. The van der Waals surface area contributed by atoms with E-state index in [4.69, 9.17) is 5.11 Å². The Labute approximate surface area is 72.9 Å². The number of hydrogen-bond donors (Lipinski definition) is 2. The van der Waals surface area contributed by atoms with Gasteiger partial charge in [0.2, 0.25) is 0 Å². The maximum atomic E-state index is 11.1. The summed E-state index contributed by atoms with van der Waals surface area (Å²) >= 11 is 3.00. The summed E-state index contributed by atoms with van der Waals surface area (Å²) in [6, 6.07) is 0. The second-order valence-electron chi connectivity index (χ2n) is 2.65. The number of halogens is 1. The van der Waals surface area contributed by atoms with E-state index in [1.54, 1.807) is 6.92 Å². The Bertz CT molecular complexity index is 212. The molecule has 0 aliphatic heterocycles. The van der Waals surface area contributed by atoms with E-state index >= 15 is 0 Å². The summed E-state index contributed by atoms with van der Waals surface area (Å²) in [5.41, 5.74) is 0. The van der Waals surface area contributed by atoms with Crippen LogP contribution in [0.3, 0.4) is 0 Å². The van der Waals surface area contributed by atoms with E-state index in [9.17, 15) is 9.90 Å². The summed E-state index contributed by atoms with van der Waals surface area (Å²) in [4.78, 5) is 11.1. The van der Waals surface area contributed by atoms with E-state index in [1.165, 1.54) is 6.08 Å². The molecule has 0 radical (unpaired) electrons. The fourth-order valence-electron chi connectivity index (χ4n) is 0.999. The molecule has 1 rings (SSSR count). The quantitative estimate of drug-likeness (QED) is 0.614. The van der Waals surface area contributed by atoms with Crippen LogP contribution in [0.4, 0.5) is 0 Å². The van der Waals surface area contributed by atoms with Gasteiger partial charge < -0.3 is 10.2 Å². The normalized spacial score (nSPS) is 38.7. The molecule has 0 aromatic rings. The number of allylic oxidation sites excluding steroid dienone is 1. The molecular weight excluding hydrogens is 212 g/mol. The van der Waals surface area contributed by atoms with Crippen molar-refractivity contribution < 1.29 is 15.0 Å². The largest absolute Gasteiger partial charge is 0.389 e. The number of carbonyl (C=O) groups excluding carboxylic acids is 1. The van der Waals surface area contributed by atoms with Crippen LogP contribution in [0.2, 0.25) is 0 Å². The first-order valence-electron chi connectivity index (χ1n) is 3.31. The Morgan fingerprint density at radius 2 is 2.09 bits per heavy atom. The third kappa shape index (κ3) is 1.52. The first kappa shape index (κ1) is 8.90. The lowest BCUT2D eigenvalue weighted by Crippen LogP contribution is -2.39. The van der Waals surface area contributed by atoms with E-state index in [-0.39, 0.29) is 5.78 Å². The molecule has 3 atom stereocenters. The molecule has 0 aromatic carbocycles. The Morgan fingerprint density at radius 1 is 1.55 bits per heavy atom. The Balaban J connectivity index is 2.92. The van der Waals surface area contributed by atoms with Crippen molar-refractivity contribution in [3.05, 3.63) is 10.6 Å². The van der Waals surface area contributed by atoms with Crippen LogP contribution >= 0.6 is 15.9 Å². The third-order valence-electron chi connectivity index (χ3n) is 1.83. The molecule has 0 bridgehead atoms. The number of ketones is 1. The number of hydrogen-bond acceptors (Lipinski definition) is 3. The number of rotatable bonds is 0. The molecule has 3 unspecified atom stereocenters. The predicted molar refractivity (Wildman–Crippen MR) is 43.2 cm³/mol. The van der Waals surface area contributed by atoms with Gasteiger partial charge in [-0.15, -0.1) is 0 Å². The Morgan fingerprint density at radius 3 is 2.64 bits per heavy atom. The standard InChI is InChI=1S/C7H9BrO3/c1-3-6(10)4(8)2-5(9)7(3)11/h2-3,5,7,9,11H,1H3. The van der Waals surface area contributed by atoms with Gasteiger partial charge in [0, 0.05) is 5.92 Å². The van der Waals surface area contributed by atoms with Crippen LogP contribution in [-0.2, 0) is 4.79 Å². The topological polar surface area (TPSA) is 57.5 Å². The van der Waals surface area contributed by atoms with E-state index in [0.717, 1.165) is 0 Å². The predicted octanol–water partition coefficient (Wildman–Crippen LogP) is 0.206. The van der Waals surface area contributed by atoms with Crippen molar-refractivity contribution in [2.24, 2.45) is 5.92 Å². The van der Waals surface area contributed by atoms with Gasteiger partial charge in [-0.1, -0.05) is 6.92 Å². The van der Waals surface area contributed by atoms with Crippen molar-refractivity contribution in [2.45, 2.75) is 19.1 Å². The van der Waals surface area contributed by atoms with Crippen molar-refractivity contribution in [1.82, 2.24) is 0 Å². The summed E-state index contributed by atoms with van der Waals surface area (Å²) in [7, 11) is 0. The van der Waals surface area contributed by atoms with Gasteiger partial charge >= 0.3 is 0 Å². The average molecular weight is 221 g/mol. The van der Waals surface area contributed by atoms with E-state index in [2.05, 4.69) is 15.9 Å². The highest BCUT2D eigenvalue weighted by Gasteiger charge is 2.33. The fraction of sp³-hybridized carbons (Fsp3) is 0.571. The molecular formula is C7H9BrO3.